The molecule has 2 aromatic carbocycles. The first-order valence-corrected chi connectivity index (χ1v) is 11.3. The molecule has 3 heterocycles. The largest absolute Gasteiger partial charge is 0.457 e. The Balaban J connectivity index is 1.37. The van der Waals surface area contributed by atoms with Gasteiger partial charge in [0.2, 0.25) is 0 Å². The van der Waals surface area contributed by atoms with Crippen LogP contribution in [0.25, 0.3) is 0 Å². The Morgan fingerprint density at radius 3 is 2.68 bits per heavy atom. The van der Waals surface area contributed by atoms with Crippen molar-refractivity contribution in [1.29, 1.82) is 0 Å². The zero-order valence-corrected chi connectivity index (χ0v) is 18.9. The minimum Gasteiger partial charge on any atom is -0.457 e. The summed E-state index contributed by atoms with van der Waals surface area (Å²) < 4.78 is 5.92. The number of hydrazine groups is 1. The zero-order valence-electron chi connectivity index (χ0n) is 18.9. The van der Waals surface area contributed by atoms with E-state index in [9.17, 15) is 4.79 Å². The number of nitrogens with two attached hydrogens (primary N) is 1. The Morgan fingerprint density at radius 1 is 1.15 bits per heavy atom. The maximum Gasteiger partial charge on any atom is 0.298 e. The lowest BCUT2D eigenvalue weighted by Gasteiger charge is -2.28. The molecule has 1 fully saturated rings. The lowest BCUT2D eigenvalue weighted by atomic mass is 10.0. The number of carbonyl (C=O) groups is 1. The topological polar surface area (TPSA) is 96.6 Å². The number of amides is 1. The van der Waals surface area contributed by atoms with Gasteiger partial charge in [0, 0.05) is 6.54 Å². The molecule has 2 unspecified atom stereocenters. The second-order valence-electron chi connectivity index (χ2n) is 8.32. The standard InChI is InChI=1S/C26H26N6O2/c1-2-7-22(33)31-15-6-8-19(31)16-32-26-23(25(27)28-17-29-26)24(30-32)18-11-13-21(14-12-18)34-20-9-4-3-5-10-20/h3-5,9-14,17,19,24,30H,6,8,15-16H2,1H3,(H2,27,28,29). The average Bonchev–Trinajstić information content (AvgIpc) is 3.47. The minimum absolute atomic E-state index is 0.0466. The number of aromatic nitrogens is 2. The van der Waals surface area contributed by atoms with Crippen molar-refractivity contribution in [3.8, 4) is 23.3 Å². The summed E-state index contributed by atoms with van der Waals surface area (Å²) in [5.74, 6) is 7.96. The van der Waals surface area contributed by atoms with Gasteiger partial charge in [-0.1, -0.05) is 36.3 Å². The number of likely N-dealkylation sites (tertiary alicyclic amines) is 1. The monoisotopic (exact) mass is 454 g/mol. The van der Waals surface area contributed by atoms with E-state index in [1.54, 1.807) is 6.92 Å². The number of para-hydroxylation sites is 1. The van der Waals surface area contributed by atoms with Gasteiger partial charge in [0.1, 0.15) is 23.6 Å². The Hall–Kier alpha value is -4.09. The van der Waals surface area contributed by atoms with E-state index in [4.69, 9.17) is 10.5 Å². The third-order valence-corrected chi connectivity index (χ3v) is 6.18. The summed E-state index contributed by atoms with van der Waals surface area (Å²) in [6.45, 7) is 2.99. The lowest BCUT2D eigenvalue weighted by molar-refractivity contribution is -0.125. The molecule has 34 heavy (non-hydrogen) atoms. The highest BCUT2D eigenvalue weighted by Gasteiger charge is 2.37. The zero-order chi connectivity index (χ0) is 23.5. The molecule has 2 aliphatic rings. The van der Waals surface area contributed by atoms with Crippen LogP contribution in [0.3, 0.4) is 0 Å². The van der Waals surface area contributed by atoms with Crippen molar-refractivity contribution in [1.82, 2.24) is 20.3 Å². The van der Waals surface area contributed by atoms with Crippen LogP contribution in [-0.2, 0) is 4.79 Å². The fraction of sp³-hybridized carbons (Fsp3) is 0.269. The highest BCUT2D eigenvalue weighted by Crippen LogP contribution is 2.39. The summed E-state index contributed by atoms with van der Waals surface area (Å²) in [6.07, 6.45) is 3.35. The fourth-order valence-corrected chi connectivity index (χ4v) is 4.59. The molecule has 2 aliphatic heterocycles. The first kappa shape index (κ1) is 21.7. The number of nitrogen functional groups attached to an aromatic ring is 1. The van der Waals surface area contributed by atoms with E-state index in [-0.39, 0.29) is 18.0 Å². The molecule has 0 bridgehead atoms. The van der Waals surface area contributed by atoms with Gasteiger partial charge in [-0.05, 0) is 55.5 Å². The van der Waals surface area contributed by atoms with Gasteiger partial charge in [-0.15, -0.1) is 0 Å². The molecule has 0 aliphatic carbocycles. The lowest BCUT2D eigenvalue weighted by Crippen LogP contribution is -2.46. The maximum absolute atomic E-state index is 12.4. The second kappa shape index (κ2) is 9.41. The van der Waals surface area contributed by atoms with Gasteiger partial charge in [0.15, 0.2) is 5.82 Å². The molecule has 0 spiro atoms. The van der Waals surface area contributed by atoms with Crippen molar-refractivity contribution in [3.63, 3.8) is 0 Å². The minimum atomic E-state index is -0.206. The molecule has 172 valence electrons. The van der Waals surface area contributed by atoms with Gasteiger partial charge in [-0.3, -0.25) is 9.80 Å². The number of fused-ring (bicyclic) bond motifs is 1. The van der Waals surface area contributed by atoms with Gasteiger partial charge < -0.3 is 15.4 Å². The first-order chi connectivity index (χ1) is 16.6. The van der Waals surface area contributed by atoms with Crippen molar-refractivity contribution in [3.05, 3.63) is 72.1 Å². The Morgan fingerprint density at radius 2 is 1.91 bits per heavy atom. The fourth-order valence-electron chi connectivity index (χ4n) is 4.59. The van der Waals surface area contributed by atoms with Gasteiger partial charge >= 0.3 is 0 Å². The SMILES string of the molecule is CC#CC(=O)N1CCCC1CN1NC(c2ccc(Oc3ccccc3)cc2)c2c(N)ncnc21. The van der Waals surface area contributed by atoms with Gasteiger partial charge in [0.05, 0.1) is 24.2 Å². The number of nitrogens with one attached hydrogen (secondary N) is 1. The molecule has 3 N–H and O–H groups in total. The highest BCUT2D eigenvalue weighted by molar-refractivity contribution is 5.93. The Labute approximate surface area is 198 Å². The smallest absolute Gasteiger partial charge is 0.298 e. The number of hydrogen-bond donors (Lipinski definition) is 2. The van der Waals surface area contributed by atoms with Crippen molar-refractivity contribution < 1.29 is 9.53 Å². The Kier molecular flexibility index (Phi) is 6.02. The molecule has 1 saturated heterocycles. The van der Waals surface area contributed by atoms with E-state index in [1.165, 1.54) is 6.33 Å². The third-order valence-electron chi connectivity index (χ3n) is 6.18. The van der Waals surface area contributed by atoms with Crippen molar-refractivity contribution >= 4 is 17.5 Å². The molecule has 5 rings (SSSR count). The Bertz CT molecular complexity index is 1240. The van der Waals surface area contributed by atoms with E-state index in [1.807, 2.05) is 64.5 Å². The number of carbonyl (C=O) groups excluding carboxylic acids is 1. The van der Waals surface area contributed by atoms with Crippen LogP contribution in [0.1, 0.15) is 36.9 Å². The molecule has 8 heteroatoms. The van der Waals surface area contributed by atoms with Gasteiger partial charge in [0.25, 0.3) is 5.91 Å². The van der Waals surface area contributed by atoms with E-state index >= 15 is 0 Å². The molecule has 0 saturated carbocycles. The molecule has 2 atom stereocenters. The second-order valence-corrected chi connectivity index (χ2v) is 8.32. The van der Waals surface area contributed by atoms with E-state index < -0.39 is 0 Å². The normalized spacial score (nSPS) is 18.9. The number of benzene rings is 2. The van der Waals surface area contributed by atoms with Crippen molar-refractivity contribution in [2.24, 2.45) is 0 Å². The number of ether oxygens (including phenoxy) is 1. The molecule has 8 nitrogen and oxygen atoms in total. The van der Waals surface area contributed by atoms with Crippen molar-refractivity contribution in [2.75, 3.05) is 23.8 Å². The van der Waals surface area contributed by atoms with Crippen molar-refractivity contribution in [2.45, 2.75) is 31.8 Å². The van der Waals surface area contributed by atoms with Crippen LogP contribution >= 0.6 is 0 Å². The van der Waals surface area contributed by atoms with Gasteiger partial charge in [-0.2, -0.15) is 0 Å². The number of rotatable bonds is 5. The van der Waals surface area contributed by atoms with Crippen LogP contribution in [0.5, 0.6) is 11.5 Å². The summed E-state index contributed by atoms with van der Waals surface area (Å²) >= 11 is 0. The number of nitrogens with zero attached hydrogens (tertiary/aromatic N) is 4. The van der Waals surface area contributed by atoms with Crippen LogP contribution < -0.4 is 20.9 Å². The highest BCUT2D eigenvalue weighted by atomic mass is 16.5. The van der Waals surface area contributed by atoms with Crippen LogP contribution in [0.4, 0.5) is 11.6 Å². The number of anilines is 2. The summed E-state index contributed by atoms with van der Waals surface area (Å²) in [4.78, 5) is 23.0. The molecule has 0 radical (unpaired) electrons. The molecule has 3 aromatic rings. The van der Waals surface area contributed by atoms with E-state index in [2.05, 4.69) is 27.2 Å². The first-order valence-electron chi connectivity index (χ1n) is 11.3. The molecule has 1 aromatic heterocycles. The summed E-state index contributed by atoms with van der Waals surface area (Å²) in [5.41, 5.74) is 11.7. The predicted molar refractivity (Wildman–Crippen MR) is 130 cm³/mol. The maximum atomic E-state index is 12.4. The quantitative estimate of drug-likeness (QED) is 0.571. The van der Waals surface area contributed by atoms with E-state index in [0.29, 0.717) is 12.4 Å². The molecular weight excluding hydrogens is 428 g/mol. The van der Waals surface area contributed by atoms with Gasteiger partial charge in [-0.25, -0.2) is 15.4 Å². The molecular formula is C26H26N6O2. The predicted octanol–water partition coefficient (Wildman–Crippen LogP) is 3.28. The van der Waals surface area contributed by atoms with Crippen LogP contribution in [0.2, 0.25) is 0 Å². The summed E-state index contributed by atoms with van der Waals surface area (Å²) in [7, 11) is 0. The average molecular weight is 455 g/mol. The van der Waals surface area contributed by atoms with E-state index in [0.717, 1.165) is 47.8 Å². The van der Waals surface area contributed by atoms with Crippen LogP contribution in [0, 0.1) is 11.8 Å². The summed E-state index contributed by atoms with van der Waals surface area (Å²) in [6, 6.07) is 17.4. The van der Waals surface area contributed by atoms with Crippen LogP contribution in [-0.4, -0.2) is 39.9 Å². The molecule has 1 amide bonds. The summed E-state index contributed by atoms with van der Waals surface area (Å²) in [5, 5.41) is 1.99. The van der Waals surface area contributed by atoms with Crippen LogP contribution in [0.15, 0.2) is 60.9 Å². The number of hydrogen-bond acceptors (Lipinski definition) is 7. The third kappa shape index (κ3) is 4.26.